The molecule has 3 heterocycles. The molecule has 0 amide bonds. The van der Waals surface area contributed by atoms with E-state index in [1.54, 1.807) is 18.3 Å². The summed E-state index contributed by atoms with van der Waals surface area (Å²) in [6, 6.07) is 5.33. The highest BCUT2D eigenvalue weighted by atomic mass is 32.2. The Bertz CT molecular complexity index is 803. The van der Waals surface area contributed by atoms with E-state index < -0.39 is 10.0 Å². The maximum atomic E-state index is 12.1. The molecule has 2 N–H and O–H groups in total. The zero-order valence-electron chi connectivity index (χ0n) is 13.9. The molecular weight excluding hydrogens is 362 g/mol. The number of aryl methyl sites for hydroxylation is 1. The molecule has 1 aliphatic heterocycles. The standard InChI is InChI=1S/C15H21N5O3S2/c1-12-2-3-15(24-12)25(21,22)18-5-4-16-14-10-13(11-17-19-14)20-6-8-23-9-7-20/h2-3,10-11,18H,4-9H2,1H3,(H,16,19). The number of aromatic nitrogens is 2. The molecular formula is C15H21N5O3S2. The summed E-state index contributed by atoms with van der Waals surface area (Å²) in [6.07, 6.45) is 1.72. The van der Waals surface area contributed by atoms with E-state index in [1.807, 2.05) is 13.0 Å². The maximum Gasteiger partial charge on any atom is 0.250 e. The zero-order chi connectivity index (χ0) is 17.7. The quantitative estimate of drug-likeness (QED) is 0.691. The summed E-state index contributed by atoms with van der Waals surface area (Å²) < 4.78 is 32.5. The van der Waals surface area contributed by atoms with Crippen LogP contribution < -0.4 is 14.9 Å². The van der Waals surface area contributed by atoms with Gasteiger partial charge in [-0.2, -0.15) is 5.10 Å². The molecule has 0 spiro atoms. The van der Waals surface area contributed by atoms with E-state index in [1.165, 1.54) is 11.3 Å². The minimum absolute atomic E-state index is 0.267. The van der Waals surface area contributed by atoms with Crippen molar-refractivity contribution >= 4 is 32.9 Å². The Kier molecular flexibility index (Phi) is 5.84. The molecule has 0 radical (unpaired) electrons. The van der Waals surface area contributed by atoms with Crippen LogP contribution in [0.1, 0.15) is 4.88 Å². The van der Waals surface area contributed by atoms with E-state index in [0.29, 0.717) is 29.8 Å². The molecule has 25 heavy (non-hydrogen) atoms. The van der Waals surface area contributed by atoms with Gasteiger partial charge in [-0.05, 0) is 19.1 Å². The molecule has 0 aliphatic carbocycles. The lowest BCUT2D eigenvalue weighted by Gasteiger charge is -2.28. The lowest BCUT2D eigenvalue weighted by atomic mass is 10.3. The van der Waals surface area contributed by atoms with E-state index in [-0.39, 0.29) is 6.54 Å². The molecule has 1 fully saturated rings. The Morgan fingerprint density at radius 2 is 2.08 bits per heavy atom. The van der Waals surface area contributed by atoms with Crippen LogP contribution in [-0.4, -0.2) is 58.0 Å². The van der Waals surface area contributed by atoms with Crippen LogP contribution in [0, 0.1) is 6.92 Å². The first-order chi connectivity index (χ1) is 12.0. The fourth-order valence-electron chi connectivity index (χ4n) is 2.44. The highest BCUT2D eigenvalue weighted by molar-refractivity contribution is 7.91. The van der Waals surface area contributed by atoms with E-state index in [2.05, 4.69) is 25.1 Å². The number of anilines is 2. The van der Waals surface area contributed by atoms with Crippen LogP contribution in [0.2, 0.25) is 0 Å². The summed E-state index contributed by atoms with van der Waals surface area (Å²) in [5.74, 6) is 0.621. The summed E-state index contributed by atoms with van der Waals surface area (Å²) in [5.41, 5.74) is 0.982. The first-order valence-electron chi connectivity index (χ1n) is 8.00. The summed E-state index contributed by atoms with van der Waals surface area (Å²) in [6.45, 7) is 5.62. The van der Waals surface area contributed by atoms with Gasteiger partial charge in [-0.25, -0.2) is 13.1 Å². The van der Waals surface area contributed by atoms with Gasteiger partial charge in [-0.1, -0.05) is 0 Å². The van der Waals surface area contributed by atoms with Crippen molar-refractivity contribution in [3.05, 3.63) is 29.3 Å². The van der Waals surface area contributed by atoms with Crippen molar-refractivity contribution in [2.45, 2.75) is 11.1 Å². The van der Waals surface area contributed by atoms with Crippen molar-refractivity contribution < 1.29 is 13.2 Å². The lowest BCUT2D eigenvalue weighted by Crippen LogP contribution is -2.36. The van der Waals surface area contributed by atoms with E-state index in [4.69, 9.17) is 4.74 Å². The van der Waals surface area contributed by atoms with Gasteiger partial charge in [0.2, 0.25) is 10.0 Å². The van der Waals surface area contributed by atoms with Gasteiger partial charge in [0, 0.05) is 37.1 Å². The Balaban J connectivity index is 1.50. The molecule has 0 saturated carbocycles. The van der Waals surface area contributed by atoms with Gasteiger partial charge in [-0.3, -0.25) is 0 Å². The number of ether oxygens (including phenoxy) is 1. The predicted octanol–water partition coefficient (Wildman–Crippen LogP) is 1.07. The van der Waals surface area contributed by atoms with Gasteiger partial charge in [0.1, 0.15) is 4.21 Å². The van der Waals surface area contributed by atoms with Crippen LogP contribution in [0.15, 0.2) is 28.6 Å². The third-order valence-corrected chi connectivity index (χ3v) is 6.67. The monoisotopic (exact) mass is 383 g/mol. The molecule has 0 unspecified atom stereocenters. The number of morpholine rings is 1. The molecule has 3 rings (SSSR count). The molecule has 2 aromatic rings. The van der Waals surface area contributed by atoms with E-state index in [0.717, 1.165) is 23.7 Å². The summed E-state index contributed by atoms with van der Waals surface area (Å²) in [7, 11) is -3.45. The van der Waals surface area contributed by atoms with Gasteiger partial charge in [0.15, 0.2) is 5.82 Å². The molecule has 8 nitrogen and oxygen atoms in total. The number of sulfonamides is 1. The zero-order valence-corrected chi connectivity index (χ0v) is 15.6. The van der Waals surface area contributed by atoms with Crippen molar-refractivity contribution in [1.29, 1.82) is 0 Å². The lowest BCUT2D eigenvalue weighted by molar-refractivity contribution is 0.122. The smallest absolute Gasteiger partial charge is 0.250 e. The normalized spacial score (nSPS) is 15.3. The topological polar surface area (TPSA) is 96.5 Å². The predicted molar refractivity (Wildman–Crippen MR) is 97.8 cm³/mol. The number of thiophene rings is 1. The minimum atomic E-state index is -3.45. The van der Waals surface area contributed by atoms with Gasteiger partial charge < -0.3 is 15.0 Å². The molecule has 2 aromatic heterocycles. The Morgan fingerprint density at radius 1 is 1.28 bits per heavy atom. The average molecular weight is 383 g/mol. The first kappa shape index (κ1) is 18.1. The van der Waals surface area contributed by atoms with E-state index in [9.17, 15) is 8.42 Å². The van der Waals surface area contributed by atoms with Gasteiger partial charge in [0.25, 0.3) is 0 Å². The molecule has 10 heteroatoms. The van der Waals surface area contributed by atoms with Crippen molar-refractivity contribution in [3.8, 4) is 0 Å². The summed E-state index contributed by atoms with van der Waals surface area (Å²) in [4.78, 5) is 3.15. The highest BCUT2D eigenvalue weighted by Gasteiger charge is 2.15. The van der Waals surface area contributed by atoms with Crippen LogP contribution in [0.3, 0.4) is 0 Å². The Hall–Kier alpha value is -1.75. The number of hydrogen-bond donors (Lipinski definition) is 2. The molecule has 1 saturated heterocycles. The molecule has 1 aliphatic rings. The maximum absolute atomic E-state index is 12.1. The third kappa shape index (κ3) is 4.88. The molecule has 136 valence electrons. The van der Waals surface area contributed by atoms with Crippen LogP contribution >= 0.6 is 11.3 Å². The largest absolute Gasteiger partial charge is 0.378 e. The van der Waals surface area contributed by atoms with Crippen LogP contribution in [-0.2, 0) is 14.8 Å². The second-order valence-electron chi connectivity index (χ2n) is 5.59. The van der Waals surface area contributed by atoms with Crippen molar-refractivity contribution in [3.63, 3.8) is 0 Å². The second kappa shape index (κ2) is 8.09. The summed E-state index contributed by atoms with van der Waals surface area (Å²) >= 11 is 1.26. The number of nitrogens with zero attached hydrogens (tertiary/aromatic N) is 3. The fourth-order valence-corrected chi connectivity index (χ4v) is 4.80. The SMILES string of the molecule is Cc1ccc(S(=O)(=O)NCCNc2cc(N3CCOCC3)cnn2)s1. The average Bonchev–Trinajstić information content (AvgIpc) is 3.07. The van der Waals surface area contributed by atoms with Crippen LogP contribution in [0.5, 0.6) is 0 Å². The third-order valence-electron chi connectivity index (χ3n) is 3.72. The van der Waals surface area contributed by atoms with Crippen molar-refractivity contribution in [2.75, 3.05) is 49.6 Å². The molecule has 0 aromatic carbocycles. The number of nitrogens with one attached hydrogen (secondary N) is 2. The van der Waals surface area contributed by atoms with Crippen molar-refractivity contribution in [2.24, 2.45) is 0 Å². The highest BCUT2D eigenvalue weighted by Crippen LogP contribution is 2.20. The fraction of sp³-hybridized carbons (Fsp3) is 0.467. The van der Waals surface area contributed by atoms with Crippen molar-refractivity contribution in [1.82, 2.24) is 14.9 Å². The molecule has 0 bridgehead atoms. The number of hydrogen-bond acceptors (Lipinski definition) is 8. The van der Waals surface area contributed by atoms with Crippen LogP contribution in [0.25, 0.3) is 0 Å². The summed E-state index contributed by atoms with van der Waals surface area (Å²) in [5, 5.41) is 11.1. The van der Waals surface area contributed by atoms with Crippen LogP contribution in [0.4, 0.5) is 11.5 Å². The second-order valence-corrected chi connectivity index (χ2v) is 8.87. The molecule has 0 atom stereocenters. The van der Waals surface area contributed by atoms with Gasteiger partial charge >= 0.3 is 0 Å². The number of rotatable bonds is 7. The Morgan fingerprint density at radius 3 is 2.80 bits per heavy atom. The Labute approximate surface area is 151 Å². The van der Waals surface area contributed by atoms with Gasteiger partial charge in [-0.15, -0.1) is 16.4 Å². The van der Waals surface area contributed by atoms with E-state index >= 15 is 0 Å². The first-order valence-corrected chi connectivity index (χ1v) is 10.3. The minimum Gasteiger partial charge on any atom is -0.378 e. The van der Waals surface area contributed by atoms with Gasteiger partial charge in [0.05, 0.1) is 25.1 Å².